The first kappa shape index (κ1) is 20.2. The highest BCUT2D eigenvalue weighted by atomic mass is 16.5. The van der Waals surface area contributed by atoms with E-state index in [1.165, 1.54) is 14.2 Å². The first-order valence-corrected chi connectivity index (χ1v) is 9.56. The van der Waals surface area contributed by atoms with E-state index in [1.807, 2.05) is 6.07 Å². The number of carbonyl (C=O) groups is 2. The highest BCUT2D eigenvalue weighted by Gasteiger charge is 2.44. The molecule has 2 aromatic carbocycles. The maximum absolute atomic E-state index is 13.4. The molecule has 7 heteroatoms. The van der Waals surface area contributed by atoms with Crippen LogP contribution in [0.15, 0.2) is 77.7 Å². The largest absolute Gasteiger partial charge is 0.497 e. The van der Waals surface area contributed by atoms with Crippen molar-refractivity contribution in [3.05, 3.63) is 89.4 Å². The van der Waals surface area contributed by atoms with Crippen molar-refractivity contribution >= 4 is 17.6 Å². The van der Waals surface area contributed by atoms with Gasteiger partial charge in [-0.25, -0.2) is 0 Å². The van der Waals surface area contributed by atoms with E-state index in [-0.39, 0.29) is 6.54 Å². The van der Waals surface area contributed by atoms with Crippen molar-refractivity contribution in [3.8, 4) is 11.5 Å². The summed E-state index contributed by atoms with van der Waals surface area (Å²) in [6.07, 6.45) is 6.52. The third kappa shape index (κ3) is 3.86. The van der Waals surface area contributed by atoms with Gasteiger partial charge in [0.1, 0.15) is 24.0 Å². The molecule has 1 aliphatic heterocycles. The standard InChI is InChI=1S/C24H19NO6/c1-29-16-8-10-20-18(12-16)23(24(28)31-15-6-4-3-5-7-15)19-13-17(30-2)9-11-21(19)25(20)14-22(26)27/h3-12,23H,14H2,1-2H3/p+1. The lowest BCUT2D eigenvalue weighted by molar-refractivity contribution is -0.135. The molecule has 0 radical (unpaired) electrons. The van der Waals surface area contributed by atoms with E-state index in [0.29, 0.717) is 39.8 Å². The second-order valence-corrected chi connectivity index (χ2v) is 6.90. The fourth-order valence-electron chi connectivity index (χ4n) is 3.69. The maximum atomic E-state index is 13.4. The molecule has 1 unspecified atom stereocenters. The first-order chi connectivity index (χ1) is 15.0. The fourth-order valence-corrected chi connectivity index (χ4v) is 3.69. The number of hydrogen-bond donors (Lipinski definition) is 1. The van der Waals surface area contributed by atoms with Gasteiger partial charge in [0.2, 0.25) is 0 Å². The van der Waals surface area contributed by atoms with Crippen molar-refractivity contribution in [3.63, 3.8) is 0 Å². The van der Waals surface area contributed by atoms with Crippen LogP contribution in [0.2, 0.25) is 0 Å². The van der Waals surface area contributed by atoms with Gasteiger partial charge in [0.05, 0.1) is 38.1 Å². The Morgan fingerprint density at radius 2 is 1.81 bits per heavy atom. The summed E-state index contributed by atoms with van der Waals surface area (Å²) >= 11 is 0. The lowest BCUT2D eigenvalue weighted by Gasteiger charge is -2.32. The summed E-state index contributed by atoms with van der Waals surface area (Å²) < 4.78 is 16.3. The van der Waals surface area contributed by atoms with Crippen molar-refractivity contribution < 1.29 is 28.9 Å². The summed E-state index contributed by atoms with van der Waals surface area (Å²) in [5.41, 5.74) is 2.18. The average molecular weight is 418 g/mol. The van der Waals surface area contributed by atoms with Crippen molar-refractivity contribution in [1.29, 1.82) is 0 Å². The number of benzene rings is 2. The van der Waals surface area contributed by atoms with Crippen LogP contribution >= 0.6 is 0 Å². The predicted molar refractivity (Wildman–Crippen MR) is 113 cm³/mol. The zero-order valence-corrected chi connectivity index (χ0v) is 17.0. The molecule has 0 aromatic heterocycles. The van der Waals surface area contributed by atoms with Crippen LogP contribution in [0.25, 0.3) is 0 Å². The monoisotopic (exact) mass is 418 g/mol. The molecule has 1 atom stereocenters. The molecule has 7 nitrogen and oxygen atoms in total. The number of esters is 1. The van der Waals surface area contributed by atoms with Crippen molar-refractivity contribution in [2.24, 2.45) is 0 Å². The number of allylic oxidation sites excluding steroid dienone is 3. The summed E-state index contributed by atoms with van der Waals surface area (Å²) in [5, 5.41) is 9.50. The smallest absolute Gasteiger partial charge is 0.326 e. The van der Waals surface area contributed by atoms with Crippen molar-refractivity contribution in [2.75, 3.05) is 25.7 Å². The molecular weight excluding hydrogens is 398 g/mol. The van der Waals surface area contributed by atoms with Gasteiger partial charge in [-0.1, -0.05) is 18.2 Å². The molecule has 1 aliphatic carbocycles. The van der Waals surface area contributed by atoms with Crippen LogP contribution in [-0.4, -0.2) is 37.8 Å². The number of para-hydroxylation sites is 1. The van der Waals surface area contributed by atoms with Crippen LogP contribution in [0.4, 0.5) is 5.69 Å². The molecule has 156 valence electrons. The molecular formula is C24H20NO6+. The molecule has 4 rings (SSSR count). The molecule has 31 heavy (non-hydrogen) atoms. The van der Waals surface area contributed by atoms with E-state index in [4.69, 9.17) is 14.2 Å². The minimum Gasteiger partial charge on any atom is -0.497 e. The first-order valence-electron chi connectivity index (χ1n) is 9.56. The molecule has 0 bridgehead atoms. The summed E-state index contributed by atoms with van der Waals surface area (Å²) in [6.45, 7) is -0.285. The van der Waals surface area contributed by atoms with Crippen molar-refractivity contribution in [1.82, 2.24) is 0 Å². The van der Waals surface area contributed by atoms with E-state index in [0.717, 1.165) is 0 Å². The number of aliphatic carboxylic acids is 1. The Balaban J connectivity index is 1.88. The Labute approximate surface area is 179 Å². The Bertz CT molecular complexity index is 1120. The maximum Gasteiger partial charge on any atom is 0.326 e. The van der Waals surface area contributed by atoms with Gasteiger partial charge in [0.25, 0.3) is 5.76 Å². The molecule has 0 amide bonds. The summed E-state index contributed by atoms with van der Waals surface area (Å²) in [5.74, 6) is -0.985. The Morgan fingerprint density at radius 1 is 1.03 bits per heavy atom. The summed E-state index contributed by atoms with van der Waals surface area (Å²) in [6, 6.07) is 14.0. The second-order valence-electron chi connectivity index (χ2n) is 6.90. The number of ether oxygens (including phenoxy) is 3. The van der Waals surface area contributed by atoms with Crippen LogP contribution in [0, 0.1) is 6.08 Å². The van der Waals surface area contributed by atoms with Crippen LogP contribution < -0.4 is 14.4 Å². The topological polar surface area (TPSA) is 85.3 Å². The normalized spacial score (nSPS) is 16.5. The summed E-state index contributed by atoms with van der Waals surface area (Å²) in [7, 11) is 3.03. The average Bonchev–Trinajstić information content (AvgIpc) is 2.78. The number of methoxy groups -OCH3 is 2. The molecule has 1 heterocycles. The Morgan fingerprint density at radius 3 is 2.48 bits per heavy atom. The quantitative estimate of drug-likeness (QED) is 0.437. The fraction of sp³-hybridized carbons (Fsp3) is 0.167. The highest BCUT2D eigenvalue weighted by molar-refractivity contribution is 5.91. The number of rotatable bonds is 6. The number of fused-ring (bicyclic) bond motifs is 1. The van der Waals surface area contributed by atoms with Gasteiger partial charge in [-0.05, 0) is 30.3 Å². The molecule has 1 N–H and O–H groups in total. The van der Waals surface area contributed by atoms with Crippen molar-refractivity contribution in [2.45, 2.75) is 5.92 Å². The van der Waals surface area contributed by atoms with E-state index in [2.05, 4.69) is 6.08 Å². The van der Waals surface area contributed by atoms with Gasteiger partial charge in [0, 0.05) is 5.56 Å². The van der Waals surface area contributed by atoms with Crippen LogP contribution in [0.1, 0.15) is 11.5 Å². The van der Waals surface area contributed by atoms with Gasteiger partial charge in [-0.3, -0.25) is 14.5 Å². The molecule has 0 fully saturated rings. The van der Waals surface area contributed by atoms with Crippen LogP contribution in [0.5, 0.6) is 11.5 Å². The van der Waals surface area contributed by atoms with E-state index >= 15 is 0 Å². The van der Waals surface area contributed by atoms with E-state index in [9.17, 15) is 14.7 Å². The third-order valence-corrected chi connectivity index (χ3v) is 5.05. The number of carbonyl (C=O) groups excluding carboxylic acids is 1. The number of carboxylic acids is 1. The highest BCUT2D eigenvalue weighted by Crippen LogP contribution is 2.45. The molecule has 0 saturated heterocycles. The minimum atomic E-state index is -1.01. The zero-order valence-electron chi connectivity index (χ0n) is 17.0. The number of anilines is 1. The molecule has 0 saturated carbocycles. The molecule has 0 spiro atoms. The number of hydrogen-bond acceptors (Lipinski definition) is 6. The van der Waals surface area contributed by atoms with Crippen LogP contribution in [0.3, 0.4) is 0 Å². The van der Waals surface area contributed by atoms with Gasteiger partial charge in [-0.15, -0.1) is 0 Å². The molecule has 2 aromatic rings. The Kier molecular flexibility index (Phi) is 5.43. The lowest BCUT2D eigenvalue weighted by Crippen LogP contribution is -2.37. The minimum absolute atomic E-state index is 0.285. The summed E-state index contributed by atoms with van der Waals surface area (Å²) in [4.78, 5) is 26.6. The van der Waals surface area contributed by atoms with Gasteiger partial charge >= 0.3 is 11.9 Å². The Hall–Kier alpha value is -4.09. The third-order valence-electron chi connectivity index (χ3n) is 5.05. The molecule has 2 aliphatic rings. The van der Waals surface area contributed by atoms with Gasteiger partial charge in [-0.2, -0.15) is 0 Å². The number of carboxylic acid groups (broad SMARTS) is 1. The SMILES string of the molecule is COC1=[C+]C2=C(C=C1)N(CC(=O)O)c1ccc(OC)cc1C2C(=O)Oc1ccccc1. The predicted octanol–water partition coefficient (Wildman–Crippen LogP) is 3.45. The number of nitrogens with zero attached hydrogens (tertiary/aromatic N) is 1. The van der Waals surface area contributed by atoms with Gasteiger partial charge in [0.15, 0.2) is 11.3 Å². The lowest BCUT2D eigenvalue weighted by atomic mass is 9.82. The van der Waals surface area contributed by atoms with Gasteiger partial charge < -0.3 is 19.3 Å². The van der Waals surface area contributed by atoms with Crippen LogP contribution in [-0.2, 0) is 14.3 Å². The second kappa shape index (κ2) is 8.34. The van der Waals surface area contributed by atoms with E-state index < -0.39 is 17.9 Å². The zero-order chi connectivity index (χ0) is 22.0. The van der Waals surface area contributed by atoms with E-state index in [1.54, 1.807) is 59.5 Å².